The van der Waals surface area contributed by atoms with E-state index in [1.165, 1.54) is 38.1 Å². The molecule has 1 aromatic rings. The number of ether oxygens (including phenoxy) is 1. The van der Waals surface area contributed by atoms with Crippen LogP contribution in [-0.2, 0) is 14.8 Å². The van der Waals surface area contributed by atoms with E-state index in [4.69, 9.17) is 9.84 Å². The molecule has 0 aliphatic carbocycles. The normalized spacial score (nSPS) is 21.0. The second-order valence-electron chi connectivity index (χ2n) is 6.37. The molecule has 29 heavy (non-hydrogen) atoms. The van der Waals surface area contributed by atoms with Crippen molar-refractivity contribution in [3.05, 3.63) is 24.3 Å². The van der Waals surface area contributed by atoms with Crippen LogP contribution in [0.15, 0.2) is 29.2 Å². The summed E-state index contributed by atoms with van der Waals surface area (Å²) in [6, 6.07) is 2.77. The molecule has 0 radical (unpaired) electrons. The maximum absolute atomic E-state index is 13.0. The number of rotatable bonds is 5. The second-order valence-corrected chi connectivity index (χ2v) is 8.26. The Bertz CT molecular complexity index is 917. The predicted octanol–water partition coefficient (Wildman–Crippen LogP) is 0.276. The fraction of sp³-hybridized carbons (Fsp3) is 0.444. The first-order valence-electron chi connectivity index (χ1n) is 8.69. The Morgan fingerprint density at radius 1 is 1.24 bits per heavy atom. The maximum atomic E-state index is 13.0. The van der Waals surface area contributed by atoms with Gasteiger partial charge in [0.05, 0.1) is 10.9 Å². The molecule has 0 spiro atoms. The minimum atomic E-state index is -4.18. The van der Waals surface area contributed by atoms with Crippen molar-refractivity contribution < 1.29 is 38.1 Å². The second kappa shape index (κ2) is 9.13. The molecule has 3 unspecified atom stereocenters. The molecule has 1 amide bonds. The van der Waals surface area contributed by atoms with Gasteiger partial charge in [-0.3, -0.25) is 4.79 Å². The molecule has 0 saturated carbocycles. The average molecular weight is 426 g/mol. The van der Waals surface area contributed by atoms with Crippen LogP contribution in [0.1, 0.15) is 13.8 Å². The minimum Gasteiger partial charge on any atom is -0.481 e. The van der Waals surface area contributed by atoms with Gasteiger partial charge < -0.3 is 25.0 Å². The fourth-order valence-electron chi connectivity index (χ4n) is 2.98. The van der Waals surface area contributed by atoms with Crippen LogP contribution in [0, 0.1) is 11.8 Å². The molecule has 158 valence electrons. The summed E-state index contributed by atoms with van der Waals surface area (Å²) in [5.41, 5.74) is 0. The SMILES string of the molecule is CC(O)C#CCOc1ccc(S(=O)(=O)N2CCN(C(=O)O)C(C)C2C(=O)O)cc1. The lowest BCUT2D eigenvalue weighted by Crippen LogP contribution is -2.63. The van der Waals surface area contributed by atoms with Gasteiger partial charge in [0.1, 0.15) is 24.5 Å². The Kier molecular flexibility index (Phi) is 7.07. The van der Waals surface area contributed by atoms with Crippen LogP contribution in [0.2, 0.25) is 0 Å². The zero-order valence-corrected chi connectivity index (χ0v) is 16.7. The monoisotopic (exact) mass is 426 g/mol. The minimum absolute atomic E-state index is 0.00669. The first-order valence-corrected chi connectivity index (χ1v) is 10.1. The van der Waals surface area contributed by atoms with Crippen molar-refractivity contribution >= 4 is 22.1 Å². The Morgan fingerprint density at radius 3 is 2.38 bits per heavy atom. The molecule has 1 fully saturated rings. The summed E-state index contributed by atoms with van der Waals surface area (Å²) >= 11 is 0. The predicted molar refractivity (Wildman–Crippen MR) is 101 cm³/mol. The number of benzene rings is 1. The van der Waals surface area contributed by atoms with Gasteiger partial charge in [-0.05, 0) is 38.1 Å². The van der Waals surface area contributed by atoms with Crippen molar-refractivity contribution in [2.75, 3.05) is 19.7 Å². The lowest BCUT2D eigenvalue weighted by molar-refractivity contribution is -0.144. The topological polar surface area (TPSA) is 145 Å². The van der Waals surface area contributed by atoms with Crippen molar-refractivity contribution in [2.45, 2.75) is 36.9 Å². The van der Waals surface area contributed by atoms with E-state index < -0.39 is 40.3 Å². The molecule has 2 rings (SSSR count). The van der Waals surface area contributed by atoms with E-state index >= 15 is 0 Å². The smallest absolute Gasteiger partial charge is 0.407 e. The van der Waals surface area contributed by atoms with Crippen LogP contribution in [-0.4, -0.2) is 82.9 Å². The van der Waals surface area contributed by atoms with E-state index in [9.17, 15) is 28.2 Å². The largest absolute Gasteiger partial charge is 0.481 e. The van der Waals surface area contributed by atoms with E-state index in [0.717, 1.165) is 9.21 Å². The number of nitrogens with zero attached hydrogens (tertiary/aromatic N) is 2. The standard InChI is InChI=1S/C18H22N2O8S/c1-12(21)4-3-11-28-14-5-7-15(8-6-14)29(26,27)20-10-9-19(18(24)25)13(2)16(20)17(22)23/h5-8,12-13,16,21H,9-11H2,1-2H3,(H,22,23)(H,24,25). The molecule has 0 bridgehead atoms. The Hall–Kier alpha value is -2.81. The molecule has 3 atom stereocenters. The van der Waals surface area contributed by atoms with Crippen LogP contribution >= 0.6 is 0 Å². The number of aliphatic carboxylic acids is 1. The third kappa shape index (κ3) is 5.17. The van der Waals surface area contributed by atoms with Gasteiger partial charge in [-0.25, -0.2) is 13.2 Å². The van der Waals surface area contributed by atoms with Crippen molar-refractivity contribution in [1.29, 1.82) is 0 Å². The lowest BCUT2D eigenvalue weighted by Gasteiger charge is -2.42. The van der Waals surface area contributed by atoms with Crippen molar-refractivity contribution in [2.24, 2.45) is 0 Å². The zero-order chi connectivity index (χ0) is 21.8. The van der Waals surface area contributed by atoms with Crippen LogP contribution < -0.4 is 4.74 Å². The highest BCUT2D eigenvalue weighted by Crippen LogP contribution is 2.26. The zero-order valence-electron chi connectivity index (χ0n) is 15.8. The molecule has 1 aliphatic rings. The molecular weight excluding hydrogens is 404 g/mol. The molecule has 1 aliphatic heterocycles. The molecular formula is C18H22N2O8S. The van der Waals surface area contributed by atoms with E-state index in [0.29, 0.717) is 5.75 Å². The van der Waals surface area contributed by atoms with Gasteiger partial charge in [-0.1, -0.05) is 11.8 Å². The average Bonchev–Trinajstić information content (AvgIpc) is 2.64. The molecule has 1 heterocycles. The number of amides is 1. The van der Waals surface area contributed by atoms with Crippen molar-refractivity contribution in [3.63, 3.8) is 0 Å². The summed E-state index contributed by atoms with van der Waals surface area (Å²) in [5, 5.41) is 27.8. The van der Waals surface area contributed by atoms with E-state index in [1.54, 1.807) is 0 Å². The number of aliphatic hydroxyl groups is 1. The van der Waals surface area contributed by atoms with Crippen LogP contribution in [0.25, 0.3) is 0 Å². The first-order chi connectivity index (χ1) is 13.6. The number of carboxylic acid groups (broad SMARTS) is 2. The van der Waals surface area contributed by atoms with Gasteiger partial charge in [0.2, 0.25) is 10.0 Å². The number of sulfonamides is 1. The Balaban J connectivity index is 2.22. The maximum Gasteiger partial charge on any atom is 0.407 e. The number of aliphatic hydroxyl groups excluding tert-OH is 1. The van der Waals surface area contributed by atoms with Crippen molar-refractivity contribution in [3.8, 4) is 17.6 Å². The third-order valence-electron chi connectivity index (χ3n) is 4.37. The van der Waals surface area contributed by atoms with Gasteiger partial charge >= 0.3 is 12.1 Å². The lowest BCUT2D eigenvalue weighted by atomic mass is 10.1. The van der Waals surface area contributed by atoms with E-state index in [2.05, 4.69) is 11.8 Å². The van der Waals surface area contributed by atoms with Crippen molar-refractivity contribution in [1.82, 2.24) is 9.21 Å². The summed E-state index contributed by atoms with van der Waals surface area (Å²) < 4.78 is 32.1. The first kappa shape index (κ1) is 22.5. The van der Waals surface area contributed by atoms with Gasteiger partial charge in [0.25, 0.3) is 0 Å². The number of hydrogen-bond acceptors (Lipinski definition) is 6. The molecule has 1 saturated heterocycles. The summed E-state index contributed by atoms with van der Waals surface area (Å²) in [5.74, 6) is 4.02. The van der Waals surface area contributed by atoms with Gasteiger partial charge in [-0.2, -0.15) is 4.31 Å². The summed E-state index contributed by atoms with van der Waals surface area (Å²) in [7, 11) is -4.18. The van der Waals surface area contributed by atoms with Gasteiger partial charge in [-0.15, -0.1) is 0 Å². The highest BCUT2D eigenvalue weighted by molar-refractivity contribution is 7.89. The molecule has 11 heteroatoms. The number of carboxylic acids is 1. The molecule has 3 N–H and O–H groups in total. The number of piperazine rings is 1. The third-order valence-corrected chi connectivity index (χ3v) is 6.27. The summed E-state index contributed by atoms with van der Waals surface area (Å²) in [4.78, 5) is 23.7. The van der Waals surface area contributed by atoms with Crippen LogP contribution in [0.3, 0.4) is 0 Å². The van der Waals surface area contributed by atoms with Gasteiger partial charge in [0, 0.05) is 13.1 Å². The highest BCUT2D eigenvalue weighted by atomic mass is 32.2. The fourth-order valence-corrected chi connectivity index (χ4v) is 4.62. The van der Waals surface area contributed by atoms with Crippen LogP contribution in [0.5, 0.6) is 5.75 Å². The number of carbonyl (C=O) groups is 2. The summed E-state index contributed by atoms with van der Waals surface area (Å²) in [6.45, 7) is 2.46. The van der Waals surface area contributed by atoms with E-state index in [-0.39, 0.29) is 24.6 Å². The van der Waals surface area contributed by atoms with E-state index in [1.807, 2.05) is 0 Å². The number of hydrogen-bond donors (Lipinski definition) is 3. The van der Waals surface area contributed by atoms with Gasteiger partial charge in [0.15, 0.2) is 0 Å². The Morgan fingerprint density at radius 2 is 1.86 bits per heavy atom. The molecule has 0 aromatic heterocycles. The molecule has 1 aromatic carbocycles. The molecule has 10 nitrogen and oxygen atoms in total. The Labute approximate surface area is 168 Å². The highest BCUT2D eigenvalue weighted by Gasteiger charge is 2.46. The van der Waals surface area contributed by atoms with Crippen LogP contribution in [0.4, 0.5) is 4.79 Å². The quantitative estimate of drug-likeness (QED) is 0.569. The summed E-state index contributed by atoms with van der Waals surface area (Å²) in [6.07, 6.45) is -2.08.